The molecule has 0 aliphatic carbocycles. The lowest BCUT2D eigenvalue weighted by atomic mass is 9.93. The molecule has 0 aliphatic rings. The van der Waals surface area contributed by atoms with Crippen LogP contribution in [0.25, 0.3) is 22.2 Å². The third kappa shape index (κ3) is 3.04. The molecule has 0 radical (unpaired) electrons. The smallest absolute Gasteiger partial charge is 0.0502 e. The fourth-order valence-electron chi connectivity index (χ4n) is 3.69. The van der Waals surface area contributed by atoms with Gasteiger partial charge in [-0.25, -0.2) is 0 Å². The van der Waals surface area contributed by atoms with Gasteiger partial charge in [0, 0.05) is 16.5 Å². The van der Waals surface area contributed by atoms with Gasteiger partial charge >= 0.3 is 0 Å². The monoisotopic (exact) mass is 306 g/mol. The van der Waals surface area contributed by atoms with E-state index in [1.54, 1.807) is 0 Å². The number of para-hydroxylation sites is 1. The molecule has 23 heavy (non-hydrogen) atoms. The maximum atomic E-state index is 5.69. The maximum absolute atomic E-state index is 5.69. The highest BCUT2D eigenvalue weighted by Crippen LogP contribution is 2.35. The van der Waals surface area contributed by atoms with Crippen molar-refractivity contribution in [3.05, 3.63) is 58.7 Å². The quantitative estimate of drug-likeness (QED) is 0.637. The van der Waals surface area contributed by atoms with Crippen molar-refractivity contribution >= 4 is 10.9 Å². The fourth-order valence-corrected chi connectivity index (χ4v) is 3.69. The summed E-state index contributed by atoms with van der Waals surface area (Å²) in [6, 6.07) is 13.2. The summed E-state index contributed by atoms with van der Waals surface area (Å²) in [6.45, 7) is 7.35. The largest absolute Gasteiger partial charge is 0.354 e. The normalized spacial score (nSPS) is 11.3. The third-order valence-corrected chi connectivity index (χ3v) is 4.62. The topological polar surface area (TPSA) is 41.8 Å². The van der Waals surface area contributed by atoms with Gasteiger partial charge in [-0.05, 0) is 69.3 Å². The molecular formula is C21H26N2. The number of H-pyrrole nitrogens is 1. The van der Waals surface area contributed by atoms with Crippen molar-refractivity contribution in [3.63, 3.8) is 0 Å². The number of nitrogens with one attached hydrogen (secondary N) is 1. The van der Waals surface area contributed by atoms with Gasteiger partial charge in [-0.3, -0.25) is 0 Å². The van der Waals surface area contributed by atoms with Crippen molar-refractivity contribution in [2.75, 3.05) is 6.54 Å². The fraction of sp³-hybridized carbons (Fsp3) is 0.333. The Morgan fingerprint density at radius 3 is 2.35 bits per heavy atom. The predicted molar refractivity (Wildman–Crippen MR) is 99.9 cm³/mol. The molecule has 1 aromatic heterocycles. The van der Waals surface area contributed by atoms with Gasteiger partial charge in [0.25, 0.3) is 0 Å². The standard InChI is InChI=1S/C21H26N2/c1-14-12-15(2)20(16(3)13-14)21-18(9-6-7-11-22)17-8-4-5-10-19(17)23-21/h4-5,8,10,12-13,23H,6-7,9,11,22H2,1-3H3. The molecule has 0 aliphatic heterocycles. The molecule has 0 saturated heterocycles. The Labute approximate surface area is 138 Å². The van der Waals surface area contributed by atoms with Crippen LogP contribution in [-0.4, -0.2) is 11.5 Å². The number of hydrogen-bond donors (Lipinski definition) is 2. The van der Waals surface area contributed by atoms with E-state index in [9.17, 15) is 0 Å². The Balaban J connectivity index is 2.18. The number of aromatic amines is 1. The predicted octanol–water partition coefficient (Wildman–Crippen LogP) is 5.04. The molecule has 0 spiro atoms. The lowest BCUT2D eigenvalue weighted by Gasteiger charge is -2.13. The van der Waals surface area contributed by atoms with E-state index in [2.05, 4.69) is 62.2 Å². The Bertz CT molecular complexity index is 804. The summed E-state index contributed by atoms with van der Waals surface area (Å²) < 4.78 is 0. The first-order chi connectivity index (χ1) is 11.1. The number of aryl methyl sites for hydroxylation is 4. The van der Waals surface area contributed by atoms with Gasteiger partial charge in [0.15, 0.2) is 0 Å². The van der Waals surface area contributed by atoms with Crippen LogP contribution in [0.1, 0.15) is 35.1 Å². The van der Waals surface area contributed by atoms with Gasteiger partial charge < -0.3 is 10.7 Å². The van der Waals surface area contributed by atoms with E-state index in [1.807, 2.05) is 0 Å². The zero-order chi connectivity index (χ0) is 16.4. The van der Waals surface area contributed by atoms with Gasteiger partial charge in [-0.2, -0.15) is 0 Å². The Morgan fingerprint density at radius 1 is 0.957 bits per heavy atom. The van der Waals surface area contributed by atoms with Crippen LogP contribution < -0.4 is 5.73 Å². The molecule has 0 amide bonds. The van der Waals surface area contributed by atoms with E-state index in [0.717, 1.165) is 25.8 Å². The minimum absolute atomic E-state index is 0.764. The SMILES string of the molecule is Cc1cc(C)c(-c2[nH]c3ccccc3c2CCCCN)c(C)c1. The van der Waals surface area contributed by atoms with Crippen LogP contribution in [0.5, 0.6) is 0 Å². The number of benzene rings is 2. The molecule has 2 heteroatoms. The average molecular weight is 306 g/mol. The summed E-state index contributed by atoms with van der Waals surface area (Å²) in [4.78, 5) is 3.68. The summed E-state index contributed by atoms with van der Waals surface area (Å²) in [5.74, 6) is 0. The molecule has 1 heterocycles. The van der Waals surface area contributed by atoms with Crippen LogP contribution in [0.3, 0.4) is 0 Å². The Hall–Kier alpha value is -2.06. The third-order valence-electron chi connectivity index (χ3n) is 4.62. The van der Waals surface area contributed by atoms with Crippen molar-refractivity contribution in [1.29, 1.82) is 0 Å². The van der Waals surface area contributed by atoms with Crippen molar-refractivity contribution in [2.24, 2.45) is 5.73 Å². The molecule has 0 saturated carbocycles. The average Bonchev–Trinajstić information content (AvgIpc) is 2.85. The summed E-state index contributed by atoms with van der Waals surface area (Å²) in [7, 11) is 0. The number of unbranched alkanes of at least 4 members (excludes halogenated alkanes) is 1. The Morgan fingerprint density at radius 2 is 1.65 bits per heavy atom. The zero-order valence-electron chi connectivity index (χ0n) is 14.4. The second-order valence-corrected chi connectivity index (χ2v) is 6.54. The molecule has 3 aromatic rings. The van der Waals surface area contributed by atoms with E-state index >= 15 is 0 Å². The first kappa shape index (κ1) is 15.8. The molecule has 2 nitrogen and oxygen atoms in total. The Kier molecular flexibility index (Phi) is 4.53. The molecule has 0 atom stereocenters. The molecule has 2 aromatic carbocycles. The highest BCUT2D eigenvalue weighted by atomic mass is 14.7. The van der Waals surface area contributed by atoms with Gasteiger partial charge in [0.1, 0.15) is 0 Å². The van der Waals surface area contributed by atoms with Gasteiger partial charge in [-0.15, -0.1) is 0 Å². The van der Waals surface area contributed by atoms with E-state index < -0.39 is 0 Å². The minimum atomic E-state index is 0.764. The summed E-state index contributed by atoms with van der Waals surface area (Å²) in [6.07, 6.45) is 3.28. The number of hydrogen-bond acceptors (Lipinski definition) is 1. The molecule has 0 unspecified atom stereocenters. The van der Waals surface area contributed by atoms with Gasteiger partial charge in [0.2, 0.25) is 0 Å². The van der Waals surface area contributed by atoms with Crippen molar-refractivity contribution in [2.45, 2.75) is 40.0 Å². The highest BCUT2D eigenvalue weighted by molar-refractivity contribution is 5.92. The summed E-state index contributed by atoms with van der Waals surface area (Å²) >= 11 is 0. The zero-order valence-corrected chi connectivity index (χ0v) is 14.4. The van der Waals surface area contributed by atoms with Crippen LogP contribution >= 0.6 is 0 Å². The van der Waals surface area contributed by atoms with Crippen LogP contribution in [0, 0.1) is 20.8 Å². The highest BCUT2D eigenvalue weighted by Gasteiger charge is 2.16. The molecule has 120 valence electrons. The van der Waals surface area contributed by atoms with Gasteiger partial charge in [-0.1, -0.05) is 35.9 Å². The van der Waals surface area contributed by atoms with E-state index in [0.29, 0.717) is 0 Å². The molecule has 3 rings (SSSR count). The lowest BCUT2D eigenvalue weighted by Crippen LogP contribution is -2.00. The van der Waals surface area contributed by atoms with Crippen molar-refractivity contribution in [1.82, 2.24) is 4.98 Å². The number of aromatic nitrogens is 1. The molecular weight excluding hydrogens is 280 g/mol. The number of fused-ring (bicyclic) bond motifs is 1. The van der Waals surface area contributed by atoms with Crippen molar-refractivity contribution in [3.8, 4) is 11.3 Å². The maximum Gasteiger partial charge on any atom is 0.0502 e. The van der Waals surface area contributed by atoms with Crippen molar-refractivity contribution < 1.29 is 0 Å². The molecule has 0 fully saturated rings. The number of nitrogens with two attached hydrogens (primary N) is 1. The first-order valence-electron chi connectivity index (χ1n) is 8.49. The molecule has 3 N–H and O–H groups in total. The van der Waals surface area contributed by atoms with Gasteiger partial charge in [0.05, 0.1) is 5.69 Å². The molecule has 0 bridgehead atoms. The first-order valence-corrected chi connectivity index (χ1v) is 8.49. The number of rotatable bonds is 5. The van der Waals surface area contributed by atoms with Crippen LogP contribution in [0.2, 0.25) is 0 Å². The van der Waals surface area contributed by atoms with E-state index in [1.165, 1.54) is 44.4 Å². The van der Waals surface area contributed by atoms with E-state index in [4.69, 9.17) is 5.73 Å². The van der Waals surface area contributed by atoms with Crippen LogP contribution in [0.15, 0.2) is 36.4 Å². The second kappa shape index (κ2) is 6.59. The summed E-state index contributed by atoms with van der Waals surface area (Å²) in [5.41, 5.74) is 15.0. The second-order valence-electron chi connectivity index (χ2n) is 6.54. The van der Waals surface area contributed by atoms with E-state index in [-0.39, 0.29) is 0 Å². The lowest BCUT2D eigenvalue weighted by molar-refractivity contribution is 0.748. The van der Waals surface area contributed by atoms with Crippen LogP contribution in [-0.2, 0) is 6.42 Å². The van der Waals surface area contributed by atoms with Crippen LogP contribution in [0.4, 0.5) is 0 Å². The summed E-state index contributed by atoms with van der Waals surface area (Å²) in [5, 5.41) is 1.35. The minimum Gasteiger partial charge on any atom is -0.354 e.